The topological polar surface area (TPSA) is 37.3 Å². The molecule has 21 heavy (non-hydrogen) atoms. The Morgan fingerprint density at radius 1 is 0.952 bits per heavy atom. The van der Waals surface area contributed by atoms with Crippen molar-refractivity contribution in [2.24, 2.45) is 5.92 Å². The van der Waals surface area contributed by atoms with Crippen LogP contribution in [0.4, 0.5) is 0 Å². The monoisotopic (exact) mass is 330 g/mol. The molecule has 1 aromatic rings. The van der Waals surface area contributed by atoms with Crippen molar-refractivity contribution in [3.63, 3.8) is 0 Å². The van der Waals surface area contributed by atoms with Crippen molar-refractivity contribution in [1.82, 2.24) is 0 Å². The van der Waals surface area contributed by atoms with E-state index in [4.69, 9.17) is 28.3 Å². The Kier molecular flexibility index (Phi) is 9.53. The van der Waals surface area contributed by atoms with Crippen molar-refractivity contribution < 1.29 is 9.90 Å². The summed E-state index contributed by atoms with van der Waals surface area (Å²) in [6, 6.07) is 8.51. The highest BCUT2D eigenvalue weighted by molar-refractivity contribution is 6.18. The summed E-state index contributed by atoms with van der Waals surface area (Å²) >= 11 is 11.6. The van der Waals surface area contributed by atoms with Crippen LogP contribution in [0.1, 0.15) is 43.2 Å². The summed E-state index contributed by atoms with van der Waals surface area (Å²) in [5.41, 5.74) is 2.53. The first-order chi connectivity index (χ1) is 10.2. The molecule has 0 amide bonds. The van der Waals surface area contributed by atoms with Gasteiger partial charge in [-0.25, -0.2) is 0 Å². The number of carboxylic acid groups (broad SMARTS) is 1. The van der Waals surface area contributed by atoms with Crippen molar-refractivity contribution in [1.29, 1.82) is 0 Å². The first-order valence-electron chi connectivity index (χ1n) is 7.57. The van der Waals surface area contributed by atoms with Gasteiger partial charge in [-0.1, -0.05) is 24.3 Å². The van der Waals surface area contributed by atoms with Gasteiger partial charge in [0.2, 0.25) is 0 Å². The Balaban J connectivity index is 2.37. The van der Waals surface area contributed by atoms with Crippen LogP contribution in [-0.2, 0) is 17.6 Å². The molecule has 0 heterocycles. The van der Waals surface area contributed by atoms with Gasteiger partial charge in [0, 0.05) is 18.2 Å². The maximum absolute atomic E-state index is 10.5. The van der Waals surface area contributed by atoms with E-state index in [1.54, 1.807) is 0 Å². The highest BCUT2D eigenvalue weighted by atomic mass is 35.5. The quantitative estimate of drug-likeness (QED) is 0.586. The number of hydrogen-bond donors (Lipinski definition) is 1. The molecule has 1 rings (SSSR count). The smallest absolute Gasteiger partial charge is 0.303 e. The van der Waals surface area contributed by atoms with E-state index < -0.39 is 5.97 Å². The molecule has 0 aliphatic heterocycles. The van der Waals surface area contributed by atoms with E-state index in [2.05, 4.69) is 24.3 Å². The standard InChI is InChI=1S/C17H24Cl2O2/c18-12-10-16(11-13-19)9-8-15-6-4-14(5-7-15)2-1-3-17(20)21/h4-7,16H,1-3,8-13H2,(H,20,21). The minimum atomic E-state index is -0.726. The fraction of sp³-hybridized carbons (Fsp3) is 0.588. The van der Waals surface area contributed by atoms with Gasteiger partial charge in [0.15, 0.2) is 0 Å². The molecular weight excluding hydrogens is 307 g/mol. The highest BCUT2D eigenvalue weighted by Gasteiger charge is 2.08. The molecule has 0 atom stereocenters. The molecule has 0 bridgehead atoms. The summed E-state index contributed by atoms with van der Waals surface area (Å²) in [4.78, 5) is 10.5. The van der Waals surface area contributed by atoms with Crippen molar-refractivity contribution >= 4 is 29.2 Å². The molecule has 1 aromatic carbocycles. The molecule has 0 spiro atoms. The van der Waals surface area contributed by atoms with Crippen LogP contribution in [0, 0.1) is 5.92 Å². The maximum atomic E-state index is 10.5. The van der Waals surface area contributed by atoms with Gasteiger partial charge in [-0.2, -0.15) is 0 Å². The Morgan fingerprint density at radius 2 is 1.48 bits per heavy atom. The molecule has 2 nitrogen and oxygen atoms in total. The third-order valence-electron chi connectivity index (χ3n) is 3.76. The molecule has 0 aliphatic rings. The molecule has 4 heteroatoms. The predicted molar refractivity (Wildman–Crippen MR) is 89.5 cm³/mol. The largest absolute Gasteiger partial charge is 0.481 e. The summed E-state index contributed by atoms with van der Waals surface area (Å²) < 4.78 is 0. The number of rotatable bonds is 11. The van der Waals surface area contributed by atoms with Gasteiger partial charge in [-0.15, -0.1) is 23.2 Å². The van der Waals surface area contributed by atoms with Crippen LogP contribution in [0.25, 0.3) is 0 Å². The van der Waals surface area contributed by atoms with E-state index in [-0.39, 0.29) is 6.42 Å². The van der Waals surface area contributed by atoms with Crippen LogP contribution >= 0.6 is 23.2 Å². The van der Waals surface area contributed by atoms with Crippen LogP contribution in [-0.4, -0.2) is 22.8 Å². The second-order valence-electron chi connectivity index (χ2n) is 5.42. The van der Waals surface area contributed by atoms with Crippen LogP contribution in [0.15, 0.2) is 24.3 Å². The molecule has 0 radical (unpaired) electrons. The number of aryl methyl sites for hydroxylation is 2. The number of carboxylic acids is 1. The van der Waals surface area contributed by atoms with Crippen molar-refractivity contribution in [2.45, 2.75) is 44.9 Å². The minimum Gasteiger partial charge on any atom is -0.481 e. The first kappa shape index (κ1) is 18.3. The number of halogens is 2. The molecule has 0 fully saturated rings. The van der Waals surface area contributed by atoms with E-state index >= 15 is 0 Å². The van der Waals surface area contributed by atoms with E-state index in [1.807, 2.05) is 0 Å². The molecular formula is C17H24Cl2O2. The highest BCUT2D eigenvalue weighted by Crippen LogP contribution is 2.19. The lowest BCUT2D eigenvalue weighted by molar-refractivity contribution is -0.137. The van der Waals surface area contributed by atoms with E-state index in [0.717, 1.165) is 32.1 Å². The lowest BCUT2D eigenvalue weighted by Gasteiger charge is -2.14. The summed E-state index contributed by atoms with van der Waals surface area (Å²) in [5.74, 6) is 1.28. The fourth-order valence-electron chi connectivity index (χ4n) is 2.43. The molecule has 0 aromatic heterocycles. The third-order valence-corrected chi connectivity index (χ3v) is 4.19. The molecule has 0 unspecified atom stereocenters. The average Bonchev–Trinajstić information content (AvgIpc) is 2.46. The normalized spacial score (nSPS) is 11.0. The zero-order valence-electron chi connectivity index (χ0n) is 12.4. The fourth-order valence-corrected chi connectivity index (χ4v) is 3.05. The summed E-state index contributed by atoms with van der Waals surface area (Å²) in [7, 11) is 0. The zero-order chi connectivity index (χ0) is 15.5. The maximum Gasteiger partial charge on any atom is 0.303 e. The van der Waals surface area contributed by atoms with Gasteiger partial charge in [0.1, 0.15) is 0 Å². The minimum absolute atomic E-state index is 0.236. The van der Waals surface area contributed by atoms with Crippen molar-refractivity contribution in [3.05, 3.63) is 35.4 Å². The van der Waals surface area contributed by atoms with Crippen molar-refractivity contribution in [3.8, 4) is 0 Å². The SMILES string of the molecule is O=C(O)CCCc1ccc(CCC(CCCl)CCCl)cc1. The molecule has 118 valence electrons. The molecule has 0 saturated carbocycles. The Hall–Kier alpha value is -0.730. The van der Waals surface area contributed by atoms with Crippen LogP contribution < -0.4 is 0 Å². The van der Waals surface area contributed by atoms with Gasteiger partial charge in [-0.3, -0.25) is 4.79 Å². The number of hydrogen-bond acceptors (Lipinski definition) is 1. The summed E-state index contributed by atoms with van der Waals surface area (Å²) in [6.07, 6.45) is 5.99. The zero-order valence-corrected chi connectivity index (χ0v) is 13.9. The van der Waals surface area contributed by atoms with Gasteiger partial charge >= 0.3 is 5.97 Å². The number of benzene rings is 1. The van der Waals surface area contributed by atoms with Gasteiger partial charge in [0.05, 0.1) is 0 Å². The Labute approximate surface area is 137 Å². The second kappa shape index (κ2) is 10.9. The third kappa shape index (κ3) is 8.33. The lowest BCUT2D eigenvalue weighted by atomic mass is 9.94. The first-order valence-corrected chi connectivity index (χ1v) is 8.64. The van der Waals surface area contributed by atoms with E-state index in [0.29, 0.717) is 24.1 Å². The van der Waals surface area contributed by atoms with Crippen LogP contribution in [0.2, 0.25) is 0 Å². The van der Waals surface area contributed by atoms with E-state index in [9.17, 15) is 4.79 Å². The number of alkyl halides is 2. The second-order valence-corrected chi connectivity index (χ2v) is 6.18. The van der Waals surface area contributed by atoms with Gasteiger partial charge < -0.3 is 5.11 Å². The lowest BCUT2D eigenvalue weighted by Crippen LogP contribution is -2.04. The molecule has 1 N–H and O–H groups in total. The molecule has 0 aliphatic carbocycles. The number of carbonyl (C=O) groups is 1. The Bertz CT molecular complexity index is 398. The number of aliphatic carboxylic acids is 1. The summed E-state index contributed by atoms with van der Waals surface area (Å²) in [5, 5.41) is 8.63. The van der Waals surface area contributed by atoms with Gasteiger partial charge in [0.25, 0.3) is 0 Å². The molecule has 0 saturated heterocycles. The summed E-state index contributed by atoms with van der Waals surface area (Å²) in [6.45, 7) is 0. The predicted octanol–water partition coefficient (Wildman–Crippen LogP) is 4.90. The van der Waals surface area contributed by atoms with E-state index in [1.165, 1.54) is 11.1 Å². The van der Waals surface area contributed by atoms with Gasteiger partial charge in [-0.05, 0) is 55.6 Å². The van der Waals surface area contributed by atoms with Crippen LogP contribution in [0.3, 0.4) is 0 Å². The Morgan fingerprint density at radius 3 is 1.95 bits per heavy atom. The van der Waals surface area contributed by atoms with Crippen molar-refractivity contribution in [2.75, 3.05) is 11.8 Å². The average molecular weight is 331 g/mol. The van der Waals surface area contributed by atoms with Crippen LogP contribution in [0.5, 0.6) is 0 Å².